The van der Waals surface area contributed by atoms with Crippen molar-refractivity contribution in [1.82, 2.24) is 10.6 Å². The van der Waals surface area contributed by atoms with Crippen LogP contribution in [0.15, 0.2) is 30.3 Å². The first-order valence-electron chi connectivity index (χ1n) is 4.88. The average Bonchev–Trinajstić information content (AvgIpc) is 2.20. The number of hydrogen-bond acceptors (Lipinski definition) is 2. The smallest absolute Gasteiger partial charge is 0.0447 e. The van der Waals surface area contributed by atoms with Crippen LogP contribution in [0.4, 0.5) is 0 Å². The lowest BCUT2D eigenvalue weighted by Crippen LogP contribution is -2.48. The fourth-order valence-corrected chi connectivity index (χ4v) is 1.70. The molecule has 2 rings (SSSR count). The van der Waals surface area contributed by atoms with E-state index in [1.54, 1.807) is 0 Å². The van der Waals surface area contributed by atoms with Gasteiger partial charge >= 0.3 is 0 Å². The molecule has 1 aliphatic heterocycles. The molecule has 2 unspecified atom stereocenters. The molecule has 0 amide bonds. The third-order valence-electron chi connectivity index (χ3n) is 2.54. The summed E-state index contributed by atoms with van der Waals surface area (Å²) in [6, 6.07) is 11.7. The predicted octanol–water partition coefficient (Wildman–Crippen LogP) is 1.31. The zero-order chi connectivity index (χ0) is 9.10. The SMILES string of the molecule is CC1CNC(c2ccccc2)CN1. The topological polar surface area (TPSA) is 24.1 Å². The average molecular weight is 176 g/mol. The Bertz CT molecular complexity index is 250. The molecule has 1 aromatic carbocycles. The van der Waals surface area contributed by atoms with E-state index in [2.05, 4.69) is 47.9 Å². The van der Waals surface area contributed by atoms with E-state index in [-0.39, 0.29) is 0 Å². The third-order valence-corrected chi connectivity index (χ3v) is 2.54. The first-order chi connectivity index (χ1) is 6.36. The predicted molar refractivity (Wildman–Crippen MR) is 54.7 cm³/mol. The van der Waals surface area contributed by atoms with Crippen LogP contribution in [0, 0.1) is 0 Å². The summed E-state index contributed by atoms with van der Waals surface area (Å²) in [5, 5.41) is 6.99. The van der Waals surface area contributed by atoms with Crippen LogP contribution in [-0.4, -0.2) is 19.1 Å². The van der Waals surface area contributed by atoms with Crippen molar-refractivity contribution in [3.05, 3.63) is 35.9 Å². The lowest BCUT2D eigenvalue weighted by atomic mass is 10.0. The summed E-state index contributed by atoms with van der Waals surface area (Å²) in [4.78, 5) is 0. The maximum atomic E-state index is 3.52. The van der Waals surface area contributed by atoms with Gasteiger partial charge in [0.1, 0.15) is 0 Å². The second-order valence-corrected chi connectivity index (χ2v) is 3.68. The number of rotatable bonds is 1. The molecule has 2 nitrogen and oxygen atoms in total. The molecule has 2 N–H and O–H groups in total. The van der Waals surface area contributed by atoms with Gasteiger partial charge in [-0.05, 0) is 12.5 Å². The Morgan fingerprint density at radius 1 is 1.08 bits per heavy atom. The lowest BCUT2D eigenvalue weighted by Gasteiger charge is -2.29. The van der Waals surface area contributed by atoms with Crippen LogP contribution >= 0.6 is 0 Å². The molecule has 0 aliphatic carbocycles. The molecule has 0 aromatic heterocycles. The maximum absolute atomic E-state index is 3.52. The number of hydrogen-bond donors (Lipinski definition) is 2. The van der Waals surface area contributed by atoms with E-state index in [0.717, 1.165) is 13.1 Å². The third kappa shape index (κ3) is 2.08. The van der Waals surface area contributed by atoms with Gasteiger partial charge in [-0.2, -0.15) is 0 Å². The van der Waals surface area contributed by atoms with Crippen LogP contribution in [0.3, 0.4) is 0 Å². The van der Waals surface area contributed by atoms with Gasteiger partial charge in [0.15, 0.2) is 0 Å². The highest BCUT2D eigenvalue weighted by atomic mass is 15.1. The molecule has 70 valence electrons. The van der Waals surface area contributed by atoms with Crippen LogP contribution in [0.2, 0.25) is 0 Å². The molecule has 0 saturated carbocycles. The van der Waals surface area contributed by atoms with Crippen molar-refractivity contribution in [3.63, 3.8) is 0 Å². The van der Waals surface area contributed by atoms with E-state index in [4.69, 9.17) is 0 Å². The highest BCUT2D eigenvalue weighted by Crippen LogP contribution is 2.13. The Kier molecular flexibility index (Phi) is 2.62. The molecule has 13 heavy (non-hydrogen) atoms. The maximum Gasteiger partial charge on any atom is 0.0447 e. The highest BCUT2D eigenvalue weighted by Gasteiger charge is 2.17. The summed E-state index contributed by atoms with van der Waals surface area (Å²) in [6.45, 7) is 4.29. The Hall–Kier alpha value is -0.860. The van der Waals surface area contributed by atoms with E-state index >= 15 is 0 Å². The quantitative estimate of drug-likeness (QED) is 0.674. The van der Waals surface area contributed by atoms with Crippen molar-refractivity contribution in [1.29, 1.82) is 0 Å². The summed E-state index contributed by atoms with van der Waals surface area (Å²) >= 11 is 0. The fourth-order valence-electron chi connectivity index (χ4n) is 1.70. The van der Waals surface area contributed by atoms with Crippen LogP contribution < -0.4 is 10.6 Å². The highest BCUT2D eigenvalue weighted by molar-refractivity contribution is 5.19. The molecule has 2 atom stereocenters. The summed E-state index contributed by atoms with van der Waals surface area (Å²) in [7, 11) is 0. The van der Waals surface area contributed by atoms with Crippen molar-refractivity contribution in [3.8, 4) is 0 Å². The van der Waals surface area contributed by atoms with Gasteiger partial charge in [-0.15, -0.1) is 0 Å². The number of nitrogens with one attached hydrogen (secondary N) is 2. The Morgan fingerprint density at radius 2 is 1.85 bits per heavy atom. The first kappa shape index (κ1) is 8.73. The lowest BCUT2D eigenvalue weighted by molar-refractivity contribution is 0.366. The first-order valence-corrected chi connectivity index (χ1v) is 4.88. The molecule has 1 aromatic rings. The minimum Gasteiger partial charge on any atom is -0.311 e. The van der Waals surface area contributed by atoms with Crippen LogP contribution in [0.25, 0.3) is 0 Å². The Morgan fingerprint density at radius 3 is 2.46 bits per heavy atom. The molecule has 1 saturated heterocycles. The standard InChI is InChI=1S/C11H16N2/c1-9-7-13-11(8-12-9)10-5-3-2-4-6-10/h2-6,9,11-13H,7-8H2,1H3. The second kappa shape index (κ2) is 3.90. The van der Waals surface area contributed by atoms with Crippen LogP contribution in [0.1, 0.15) is 18.5 Å². The molecule has 1 aliphatic rings. The van der Waals surface area contributed by atoms with Crippen molar-refractivity contribution in [2.45, 2.75) is 19.0 Å². The van der Waals surface area contributed by atoms with E-state index in [1.807, 2.05) is 0 Å². The van der Waals surface area contributed by atoms with Crippen LogP contribution in [-0.2, 0) is 0 Å². The van der Waals surface area contributed by atoms with Gasteiger partial charge in [0.2, 0.25) is 0 Å². The van der Waals surface area contributed by atoms with Gasteiger partial charge in [0.05, 0.1) is 0 Å². The van der Waals surface area contributed by atoms with Gasteiger partial charge in [0.25, 0.3) is 0 Å². The van der Waals surface area contributed by atoms with E-state index < -0.39 is 0 Å². The molecule has 1 fully saturated rings. The minimum absolute atomic E-state index is 0.484. The summed E-state index contributed by atoms with van der Waals surface area (Å²) in [6.07, 6.45) is 0. The van der Waals surface area contributed by atoms with Crippen molar-refractivity contribution < 1.29 is 0 Å². The van der Waals surface area contributed by atoms with Crippen molar-refractivity contribution >= 4 is 0 Å². The molecule has 0 spiro atoms. The summed E-state index contributed by atoms with van der Waals surface area (Å²) < 4.78 is 0. The largest absolute Gasteiger partial charge is 0.311 e. The molecular weight excluding hydrogens is 160 g/mol. The normalized spacial score (nSPS) is 28.7. The van der Waals surface area contributed by atoms with E-state index in [1.165, 1.54) is 5.56 Å². The van der Waals surface area contributed by atoms with Gasteiger partial charge in [-0.1, -0.05) is 30.3 Å². The molecule has 2 heteroatoms. The van der Waals surface area contributed by atoms with Gasteiger partial charge < -0.3 is 10.6 Å². The molecule has 0 radical (unpaired) electrons. The number of benzene rings is 1. The summed E-state index contributed by atoms with van der Waals surface area (Å²) in [5.41, 5.74) is 1.38. The van der Waals surface area contributed by atoms with Crippen molar-refractivity contribution in [2.75, 3.05) is 13.1 Å². The van der Waals surface area contributed by atoms with Gasteiger partial charge in [-0.3, -0.25) is 0 Å². The molecule has 1 heterocycles. The fraction of sp³-hybridized carbons (Fsp3) is 0.455. The number of piperazine rings is 1. The molecular formula is C11H16N2. The van der Waals surface area contributed by atoms with E-state index in [0.29, 0.717) is 12.1 Å². The Labute approximate surface area is 79.4 Å². The van der Waals surface area contributed by atoms with Gasteiger partial charge in [-0.25, -0.2) is 0 Å². The second-order valence-electron chi connectivity index (χ2n) is 3.68. The minimum atomic E-state index is 0.484. The summed E-state index contributed by atoms with van der Waals surface area (Å²) in [5.74, 6) is 0. The van der Waals surface area contributed by atoms with Crippen LogP contribution in [0.5, 0.6) is 0 Å². The molecule has 0 bridgehead atoms. The monoisotopic (exact) mass is 176 g/mol. The van der Waals surface area contributed by atoms with Gasteiger partial charge in [0, 0.05) is 25.2 Å². The Balaban J connectivity index is 2.03. The van der Waals surface area contributed by atoms with E-state index in [9.17, 15) is 0 Å². The zero-order valence-electron chi connectivity index (χ0n) is 7.96. The van der Waals surface area contributed by atoms with Crippen molar-refractivity contribution in [2.24, 2.45) is 0 Å². The zero-order valence-corrected chi connectivity index (χ0v) is 7.96.